The van der Waals surface area contributed by atoms with E-state index < -0.39 is 10.0 Å². The van der Waals surface area contributed by atoms with Crippen LogP contribution in [0.25, 0.3) is 0 Å². The van der Waals surface area contributed by atoms with Crippen molar-refractivity contribution in [2.45, 2.75) is 37.5 Å². The van der Waals surface area contributed by atoms with Gasteiger partial charge in [0, 0.05) is 19.2 Å². The van der Waals surface area contributed by atoms with Crippen molar-refractivity contribution >= 4 is 31.9 Å². The normalized spacial score (nSPS) is 20.3. The number of sulfonamides is 1. The van der Waals surface area contributed by atoms with E-state index in [9.17, 15) is 13.2 Å². The number of hydrogen-bond donors (Lipinski definition) is 1. The van der Waals surface area contributed by atoms with Gasteiger partial charge < -0.3 is 9.32 Å². The number of carbonyl (C=O) groups excluding carboxylic acids is 1. The van der Waals surface area contributed by atoms with Gasteiger partial charge in [-0.25, -0.2) is 13.6 Å². The molecule has 1 aromatic rings. The quantitative estimate of drug-likeness (QED) is 0.872. The number of halogens is 1. The van der Waals surface area contributed by atoms with E-state index in [4.69, 9.17) is 9.56 Å². The lowest BCUT2D eigenvalue weighted by Crippen LogP contribution is -2.31. The molecule has 0 saturated carbocycles. The molecule has 1 aromatic heterocycles. The Balaban J connectivity index is 2.17. The molecule has 1 aliphatic rings. The predicted molar refractivity (Wildman–Crippen MR) is 81.3 cm³/mol. The number of primary sulfonamides is 1. The Morgan fingerprint density at radius 1 is 1.48 bits per heavy atom. The maximum Gasteiger partial charge on any atom is 0.289 e. The fourth-order valence-corrected chi connectivity index (χ4v) is 4.09. The molecular weight excluding hydrogens is 360 g/mol. The van der Waals surface area contributed by atoms with E-state index in [-0.39, 0.29) is 21.2 Å². The molecule has 1 atom stereocenters. The summed E-state index contributed by atoms with van der Waals surface area (Å²) >= 11 is 2.98. The van der Waals surface area contributed by atoms with Gasteiger partial charge in [-0.1, -0.05) is 13.3 Å². The maximum atomic E-state index is 12.4. The molecule has 0 aliphatic carbocycles. The van der Waals surface area contributed by atoms with Crippen molar-refractivity contribution in [2.24, 2.45) is 11.1 Å². The van der Waals surface area contributed by atoms with Crippen molar-refractivity contribution in [1.29, 1.82) is 0 Å². The number of nitrogens with zero attached hydrogens (tertiary/aromatic N) is 1. The first kappa shape index (κ1) is 16.5. The zero-order valence-electron chi connectivity index (χ0n) is 11.8. The molecule has 2 N–H and O–H groups in total. The molecule has 0 aromatic carbocycles. The Morgan fingerprint density at radius 2 is 2.19 bits per heavy atom. The van der Waals surface area contributed by atoms with Crippen LogP contribution in [0.15, 0.2) is 20.0 Å². The fraction of sp³-hybridized carbons (Fsp3) is 0.615. The number of furan rings is 1. The molecule has 2 rings (SSSR count). The Hall–Kier alpha value is -0.860. The number of likely N-dealkylation sites (tertiary alicyclic amines) is 1. The molecule has 0 bridgehead atoms. The molecule has 6 nitrogen and oxygen atoms in total. The zero-order valence-corrected chi connectivity index (χ0v) is 14.2. The minimum Gasteiger partial charge on any atom is -0.443 e. The number of amides is 1. The Labute approximate surface area is 132 Å². The Morgan fingerprint density at radius 3 is 2.76 bits per heavy atom. The molecular formula is C13H19BrN2O4S. The molecule has 0 spiro atoms. The smallest absolute Gasteiger partial charge is 0.289 e. The summed E-state index contributed by atoms with van der Waals surface area (Å²) in [5.74, 6) is 0.356. The second kappa shape index (κ2) is 6.50. The van der Waals surface area contributed by atoms with Gasteiger partial charge in [0.25, 0.3) is 5.91 Å². The van der Waals surface area contributed by atoms with Crippen molar-refractivity contribution in [2.75, 3.05) is 13.1 Å². The summed E-state index contributed by atoms with van der Waals surface area (Å²) in [5.41, 5.74) is 0. The number of rotatable bonds is 3. The number of carbonyl (C=O) groups is 1. The van der Waals surface area contributed by atoms with Crippen molar-refractivity contribution in [3.8, 4) is 0 Å². The highest BCUT2D eigenvalue weighted by Gasteiger charge is 2.26. The van der Waals surface area contributed by atoms with Gasteiger partial charge in [0.2, 0.25) is 10.0 Å². The Kier molecular flexibility index (Phi) is 5.11. The van der Waals surface area contributed by atoms with Crippen LogP contribution in [0.3, 0.4) is 0 Å². The topological polar surface area (TPSA) is 93.6 Å². The SMILES string of the molecule is CCC1CCCN(C(=O)c2cc(S(N)(=O)=O)c(Br)o2)CC1. The minimum atomic E-state index is -3.91. The summed E-state index contributed by atoms with van der Waals surface area (Å²) in [6.07, 6.45) is 4.15. The molecule has 1 saturated heterocycles. The summed E-state index contributed by atoms with van der Waals surface area (Å²) in [7, 11) is -3.91. The van der Waals surface area contributed by atoms with E-state index in [0.717, 1.165) is 25.7 Å². The van der Waals surface area contributed by atoms with Crippen LogP contribution in [0.4, 0.5) is 0 Å². The highest BCUT2D eigenvalue weighted by Crippen LogP contribution is 2.27. The van der Waals surface area contributed by atoms with E-state index in [0.29, 0.717) is 19.0 Å². The molecule has 1 amide bonds. The van der Waals surface area contributed by atoms with Crippen LogP contribution in [0.5, 0.6) is 0 Å². The van der Waals surface area contributed by atoms with Gasteiger partial charge in [0.15, 0.2) is 10.4 Å². The summed E-state index contributed by atoms with van der Waals surface area (Å²) in [6, 6.07) is 1.18. The van der Waals surface area contributed by atoms with Crippen LogP contribution >= 0.6 is 15.9 Å². The summed E-state index contributed by atoms with van der Waals surface area (Å²) < 4.78 is 27.9. The number of hydrogen-bond acceptors (Lipinski definition) is 4. The molecule has 21 heavy (non-hydrogen) atoms. The lowest BCUT2D eigenvalue weighted by molar-refractivity contribution is 0.0726. The van der Waals surface area contributed by atoms with Crippen molar-refractivity contribution in [3.63, 3.8) is 0 Å². The first-order valence-electron chi connectivity index (χ1n) is 6.94. The van der Waals surface area contributed by atoms with E-state index >= 15 is 0 Å². The van der Waals surface area contributed by atoms with Gasteiger partial charge in [-0.05, 0) is 41.1 Å². The minimum absolute atomic E-state index is 0.000786. The van der Waals surface area contributed by atoms with Gasteiger partial charge >= 0.3 is 0 Å². The van der Waals surface area contributed by atoms with E-state index in [2.05, 4.69) is 22.9 Å². The third-order valence-electron chi connectivity index (χ3n) is 3.89. The van der Waals surface area contributed by atoms with E-state index in [1.54, 1.807) is 4.90 Å². The number of nitrogens with two attached hydrogens (primary N) is 1. The zero-order chi connectivity index (χ0) is 15.6. The lowest BCUT2D eigenvalue weighted by atomic mass is 9.98. The fourth-order valence-electron chi connectivity index (χ4n) is 2.58. The molecule has 1 unspecified atom stereocenters. The van der Waals surface area contributed by atoms with Crippen LogP contribution < -0.4 is 5.14 Å². The van der Waals surface area contributed by atoms with Gasteiger partial charge in [0.1, 0.15) is 4.90 Å². The third-order valence-corrected chi connectivity index (χ3v) is 5.65. The maximum absolute atomic E-state index is 12.4. The van der Waals surface area contributed by atoms with Crippen LogP contribution in [-0.2, 0) is 10.0 Å². The van der Waals surface area contributed by atoms with Crippen LogP contribution in [0, 0.1) is 5.92 Å². The van der Waals surface area contributed by atoms with Crippen molar-refractivity contribution < 1.29 is 17.6 Å². The van der Waals surface area contributed by atoms with Crippen LogP contribution in [0.2, 0.25) is 0 Å². The first-order chi connectivity index (χ1) is 9.82. The van der Waals surface area contributed by atoms with Gasteiger partial charge in [-0.2, -0.15) is 0 Å². The first-order valence-corrected chi connectivity index (χ1v) is 9.28. The van der Waals surface area contributed by atoms with Gasteiger partial charge in [0.05, 0.1) is 0 Å². The largest absolute Gasteiger partial charge is 0.443 e. The molecule has 118 valence electrons. The van der Waals surface area contributed by atoms with Crippen LogP contribution in [-0.4, -0.2) is 32.3 Å². The highest BCUT2D eigenvalue weighted by atomic mass is 79.9. The van der Waals surface area contributed by atoms with Crippen molar-refractivity contribution in [1.82, 2.24) is 4.90 Å². The summed E-state index contributed by atoms with van der Waals surface area (Å²) in [6.45, 7) is 3.49. The summed E-state index contributed by atoms with van der Waals surface area (Å²) in [5, 5.41) is 5.07. The van der Waals surface area contributed by atoms with Gasteiger partial charge in [-0.3, -0.25) is 4.79 Å². The van der Waals surface area contributed by atoms with Gasteiger partial charge in [-0.15, -0.1) is 0 Å². The molecule has 1 aliphatic heterocycles. The molecule has 2 heterocycles. The molecule has 8 heteroatoms. The van der Waals surface area contributed by atoms with Crippen molar-refractivity contribution in [3.05, 3.63) is 16.5 Å². The average molecular weight is 379 g/mol. The standard InChI is InChI=1S/C13H19BrN2O4S/c1-2-9-4-3-6-16(7-5-9)13(17)10-8-11(12(14)20-10)21(15,18)19/h8-9H,2-7H2,1H3,(H2,15,18,19). The Bertz CT molecular complexity index is 626. The second-order valence-electron chi connectivity index (χ2n) is 5.29. The average Bonchev–Trinajstić information content (AvgIpc) is 2.67. The predicted octanol–water partition coefficient (Wildman–Crippen LogP) is 2.34. The second-order valence-corrected chi connectivity index (χ2v) is 7.54. The van der Waals surface area contributed by atoms with Crippen LogP contribution in [0.1, 0.15) is 43.2 Å². The van der Waals surface area contributed by atoms with E-state index in [1.165, 1.54) is 6.07 Å². The highest BCUT2D eigenvalue weighted by molar-refractivity contribution is 9.10. The van der Waals surface area contributed by atoms with E-state index in [1.807, 2.05) is 0 Å². The lowest BCUT2D eigenvalue weighted by Gasteiger charge is -2.19. The summed E-state index contributed by atoms with van der Waals surface area (Å²) in [4.78, 5) is 13.9. The molecule has 0 radical (unpaired) electrons. The molecule has 1 fully saturated rings. The monoisotopic (exact) mass is 378 g/mol. The third kappa shape index (κ3) is 3.87.